The van der Waals surface area contributed by atoms with Gasteiger partial charge in [-0.2, -0.15) is 11.8 Å². The van der Waals surface area contributed by atoms with Crippen LogP contribution in [0.15, 0.2) is 12.2 Å². The van der Waals surface area contributed by atoms with Crippen molar-refractivity contribution in [2.75, 3.05) is 37.7 Å². The second kappa shape index (κ2) is 33.7. The molecule has 0 aromatic rings. The van der Waals surface area contributed by atoms with E-state index in [1.165, 1.54) is 96.8 Å². The summed E-state index contributed by atoms with van der Waals surface area (Å²) in [5, 5.41) is 2.85. The van der Waals surface area contributed by atoms with Crippen molar-refractivity contribution in [2.45, 2.75) is 129 Å². The summed E-state index contributed by atoms with van der Waals surface area (Å²) >= 11 is 1.76. The predicted octanol–water partition coefficient (Wildman–Crippen LogP) is 7.02. The van der Waals surface area contributed by atoms with Crippen LogP contribution in [0.2, 0.25) is 0 Å². The number of hydrogen-bond acceptors (Lipinski definition) is 5. The number of allylic oxidation sites excluding steroid dienone is 2. The van der Waals surface area contributed by atoms with E-state index in [-0.39, 0.29) is 36.6 Å². The van der Waals surface area contributed by atoms with Gasteiger partial charge in [-0.05, 0) is 63.8 Å². The third kappa shape index (κ3) is 28.8. The van der Waals surface area contributed by atoms with E-state index < -0.39 is 6.04 Å². The molecule has 0 saturated heterocycles. The SMILES string of the molecule is CCCCCCCCC/C=C\CCCCCCCCSC[C@@H](NC(C)=O)C(=O)N(CCCN)CCCN.Cl.Cl. The number of nitrogens with one attached hydrogen (secondary N) is 1. The van der Waals surface area contributed by atoms with Crippen LogP contribution in [0.4, 0.5) is 0 Å². The van der Waals surface area contributed by atoms with Gasteiger partial charge in [0.2, 0.25) is 11.8 Å². The van der Waals surface area contributed by atoms with Gasteiger partial charge in [-0.25, -0.2) is 0 Å². The van der Waals surface area contributed by atoms with E-state index in [1.54, 1.807) is 11.8 Å². The summed E-state index contributed by atoms with van der Waals surface area (Å²) in [4.78, 5) is 26.5. The van der Waals surface area contributed by atoms with E-state index in [1.807, 2.05) is 4.90 Å². The highest BCUT2D eigenvalue weighted by Crippen LogP contribution is 2.14. The van der Waals surface area contributed by atoms with Gasteiger partial charge in [-0.15, -0.1) is 24.8 Å². The molecule has 0 heterocycles. The Balaban J connectivity index is -0.00000648. The number of carbonyl (C=O) groups is 2. The molecule has 234 valence electrons. The minimum Gasteiger partial charge on any atom is -0.344 e. The lowest BCUT2D eigenvalue weighted by molar-refractivity contribution is -0.135. The summed E-state index contributed by atoms with van der Waals surface area (Å²) in [6, 6.07) is -0.475. The molecule has 0 aliphatic carbocycles. The quantitative estimate of drug-likeness (QED) is 0.0683. The Kier molecular flexibility index (Phi) is 37.2. The molecule has 39 heavy (non-hydrogen) atoms. The topological polar surface area (TPSA) is 101 Å². The maximum atomic E-state index is 13.0. The fraction of sp³-hybridized carbons (Fsp3) is 0.867. The van der Waals surface area contributed by atoms with Crippen molar-refractivity contribution in [1.29, 1.82) is 0 Å². The molecule has 0 unspecified atom stereocenters. The molecule has 2 amide bonds. The molecular formula is C30H62Cl2N4O2S. The molecule has 6 nitrogen and oxygen atoms in total. The van der Waals surface area contributed by atoms with Gasteiger partial charge in [0.15, 0.2) is 0 Å². The smallest absolute Gasteiger partial charge is 0.246 e. The van der Waals surface area contributed by atoms with Crippen LogP contribution in [-0.2, 0) is 9.59 Å². The third-order valence-electron chi connectivity index (χ3n) is 6.59. The Hall–Kier alpha value is -0.470. The van der Waals surface area contributed by atoms with Crippen molar-refractivity contribution in [3.63, 3.8) is 0 Å². The first-order valence-corrected chi connectivity index (χ1v) is 16.4. The number of nitrogens with two attached hydrogens (primary N) is 2. The molecule has 1 atom stereocenters. The Bertz CT molecular complexity index is 563. The Morgan fingerprint density at radius 2 is 1.21 bits per heavy atom. The van der Waals surface area contributed by atoms with E-state index in [2.05, 4.69) is 24.4 Å². The maximum absolute atomic E-state index is 13.0. The largest absolute Gasteiger partial charge is 0.344 e. The molecule has 0 fully saturated rings. The summed E-state index contributed by atoms with van der Waals surface area (Å²) in [7, 11) is 0. The zero-order valence-corrected chi connectivity index (χ0v) is 27.6. The zero-order valence-electron chi connectivity index (χ0n) is 25.1. The van der Waals surface area contributed by atoms with Crippen molar-refractivity contribution >= 4 is 48.4 Å². The number of amides is 2. The molecule has 0 aliphatic heterocycles. The van der Waals surface area contributed by atoms with Crippen molar-refractivity contribution in [2.24, 2.45) is 11.5 Å². The van der Waals surface area contributed by atoms with Crippen LogP contribution in [0.1, 0.15) is 123 Å². The van der Waals surface area contributed by atoms with Crippen LogP contribution >= 0.6 is 36.6 Å². The fourth-order valence-electron chi connectivity index (χ4n) is 4.37. The summed E-state index contributed by atoms with van der Waals surface area (Å²) in [6.45, 7) is 6.07. The molecule has 0 spiro atoms. The van der Waals surface area contributed by atoms with Gasteiger partial charge in [0.25, 0.3) is 0 Å². The van der Waals surface area contributed by atoms with Crippen molar-refractivity contribution in [3.05, 3.63) is 12.2 Å². The van der Waals surface area contributed by atoms with Gasteiger partial charge in [-0.3, -0.25) is 9.59 Å². The molecule has 0 saturated carbocycles. The maximum Gasteiger partial charge on any atom is 0.246 e. The number of thioether (sulfide) groups is 1. The molecule has 0 aromatic carbocycles. The van der Waals surface area contributed by atoms with Crippen LogP contribution < -0.4 is 16.8 Å². The zero-order chi connectivity index (χ0) is 27.4. The number of halogens is 2. The average molecular weight is 614 g/mol. The minimum atomic E-state index is -0.475. The summed E-state index contributed by atoms with van der Waals surface area (Å²) in [5.74, 6) is 1.46. The lowest BCUT2D eigenvalue weighted by atomic mass is 10.1. The first-order valence-electron chi connectivity index (χ1n) is 15.3. The highest BCUT2D eigenvalue weighted by Gasteiger charge is 2.24. The number of carbonyl (C=O) groups excluding carboxylic acids is 2. The van der Waals surface area contributed by atoms with Gasteiger partial charge in [0, 0.05) is 25.8 Å². The molecule has 0 radical (unpaired) electrons. The Morgan fingerprint density at radius 3 is 1.67 bits per heavy atom. The van der Waals surface area contributed by atoms with Crippen molar-refractivity contribution in [3.8, 4) is 0 Å². The second-order valence-electron chi connectivity index (χ2n) is 10.2. The first kappa shape index (κ1) is 43.0. The van der Waals surface area contributed by atoms with Crippen LogP contribution in [0, 0.1) is 0 Å². The van der Waals surface area contributed by atoms with Gasteiger partial charge >= 0.3 is 0 Å². The van der Waals surface area contributed by atoms with E-state index in [9.17, 15) is 9.59 Å². The standard InChI is InChI=1S/C30H60N4O2S.2ClH/c1-3-4-5-6-7-8-9-10-11-12-13-14-15-16-17-18-19-26-37-27-29(33-28(2)35)30(36)34(24-20-22-31)25-21-23-32;;/h11-12,29H,3-10,13-27,31-32H2,1-2H3,(H,33,35);2*1H/b12-11-;;/t29-;;/m1../s1. The number of unbranched alkanes of at least 4 members (excludes halogenated alkanes) is 13. The van der Waals surface area contributed by atoms with E-state index in [0.29, 0.717) is 31.9 Å². The lowest BCUT2D eigenvalue weighted by Crippen LogP contribution is -2.50. The predicted molar refractivity (Wildman–Crippen MR) is 177 cm³/mol. The summed E-state index contributed by atoms with van der Waals surface area (Å²) in [5.41, 5.74) is 11.3. The highest BCUT2D eigenvalue weighted by atomic mass is 35.5. The van der Waals surface area contributed by atoms with Gasteiger partial charge in [0.1, 0.15) is 6.04 Å². The van der Waals surface area contributed by atoms with Gasteiger partial charge in [0.05, 0.1) is 0 Å². The lowest BCUT2D eigenvalue weighted by Gasteiger charge is -2.27. The van der Waals surface area contributed by atoms with Crippen molar-refractivity contribution in [1.82, 2.24) is 10.2 Å². The van der Waals surface area contributed by atoms with E-state index >= 15 is 0 Å². The van der Waals surface area contributed by atoms with Crippen LogP contribution in [0.3, 0.4) is 0 Å². The molecule has 0 aliphatic rings. The van der Waals surface area contributed by atoms with Crippen LogP contribution in [0.5, 0.6) is 0 Å². The molecular weight excluding hydrogens is 551 g/mol. The second-order valence-corrected chi connectivity index (χ2v) is 11.4. The average Bonchev–Trinajstić information content (AvgIpc) is 2.88. The minimum absolute atomic E-state index is 0. The number of rotatable bonds is 27. The normalized spacial score (nSPS) is 11.6. The number of hydrogen-bond donors (Lipinski definition) is 3. The highest BCUT2D eigenvalue weighted by molar-refractivity contribution is 7.99. The third-order valence-corrected chi connectivity index (χ3v) is 7.73. The van der Waals surface area contributed by atoms with Crippen LogP contribution in [-0.4, -0.2) is 60.4 Å². The molecule has 9 heteroatoms. The summed E-state index contributed by atoms with van der Waals surface area (Å²) in [6.07, 6.45) is 26.0. The fourth-order valence-corrected chi connectivity index (χ4v) is 5.40. The van der Waals surface area contributed by atoms with Gasteiger partial charge < -0.3 is 21.7 Å². The monoisotopic (exact) mass is 612 g/mol. The molecule has 0 bridgehead atoms. The Morgan fingerprint density at radius 1 is 0.744 bits per heavy atom. The van der Waals surface area contributed by atoms with E-state index in [4.69, 9.17) is 11.5 Å². The molecule has 0 rings (SSSR count). The molecule has 0 aromatic heterocycles. The van der Waals surface area contributed by atoms with E-state index in [0.717, 1.165) is 25.0 Å². The number of nitrogens with zero attached hydrogens (tertiary/aromatic N) is 1. The Labute approximate surface area is 257 Å². The first-order chi connectivity index (χ1) is 18.1. The molecule has 5 N–H and O–H groups in total. The van der Waals surface area contributed by atoms with Gasteiger partial charge in [-0.1, -0.05) is 83.3 Å². The van der Waals surface area contributed by atoms with Crippen molar-refractivity contribution < 1.29 is 9.59 Å². The summed E-state index contributed by atoms with van der Waals surface area (Å²) < 4.78 is 0. The van der Waals surface area contributed by atoms with Crippen LogP contribution in [0.25, 0.3) is 0 Å².